The Hall–Kier alpha value is -3.00. The van der Waals surface area contributed by atoms with Crippen LogP contribution < -0.4 is 14.8 Å². The Labute approximate surface area is 187 Å². The Balaban J connectivity index is 1.60. The second-order valence-corrected chi connectivity index (χ2v) is 7.84. The summed E-state index contributed by atoms with van der Waals surface area (Å²) in [7, 11) is 0. The van der Waals surface area contributed by atoms with E-state index in [1.807, 2.05) is 61.7 Å². The van der Waals surface area contributed by atoms with E-state index in [-0.39, 0.29) is 11.7 Å². The molecule has 0 saturated carbocycles. The van der Waals surface area contributed by atoms with E-state index < -0.39 is 0 Å². The quantitative estimate of drug-likeness (QED) is 0.464. The van der Waals surface area contributed by atoms with Crippen molar-refractivity contribution in [2.24, 2.45) is 0 Å². The zero-order valence-electron chi connectivity index (χ0n) is 18.3. The minimum atomic E-state index is -0.129. The van der Waals surface area contributed by atoms with E-state index in [1.165, 1.54) is 17.3 Å². The van der Waals surface area contributed by atoms with Gasteiger partial charge in [-0.15, -0.1) is 10.2 Å². The van der Waals surface area contributed by atoms with Gasteiger partial charge in [-0.25, -0.2) is 0 Å². The third-order valence-corrected chi connectivity index (χ3v) is 5.78. The summed E-state index contributed by atoms with van der Waals surface area (Å²) in [4.78, 5) is 12.5. The number of aryl methyl sites for hydroxylation is 1. The van der Waals surface area contributed by atoms with Crippen molar-refractivity contribution >= 4 is 23.4 Å². The zero-order chi connectivity index (χ0) is 22.2. The molecule has 3 aromatic rings. The fourth-order valence-electron chi connectivity index (χ4n) is 3.04. The molecule has 1 N–H and O–H groups in total. The number of benzene rings is 2. The maximum atomic E-state index is 12.5. The fourth-order valence-corrected chi connectivity index (χ4v) is 3.86. The molecule has 0 unspecified atom stereocenters. The minimum Gasteiger partial charge on any atom is -0.492 e. The number of amides is 1. The normalized spacial score (nSPS) is 10.7. The average Bonchev–Trinajstić information content (AvgIpc) is 3.16. The molecular formula is C23H28N4O3S. The second-order valence-electron chi connectivity index (χ2n) is 6.90. The summed E-state index contributed by atoms with van der Waals surface area (Å²) in [5, 5.41) is 12.1. The maximum absolute atomic E-state index is 12.5. The molecule has 0 radical (unpaired) electrons. The van der Waals surface area contributed by atoms with Crippen molar-refractivity contribution in [3.63, 3.8) is 0 Å². The number of para-hydroxylation sites is 2. The second kappa shape index (κ2) is 10.9. The zero-order valence-corrected chi connectivity index (χ0v) is 19.2. The van der Waals surface area contributed by atoms with Crippen molar-refractivity contribution in [3.05, 3.63) is 59.4 Å². The van der Waals surface area contributed by atoms with Crippen LogP contribution in [0.4, 0.5) is 5.69 Å². The molecule has 1 amide bonds. The number of aromatic nitrogens is 3. The van der Waals surface area contributed by atoms with Crippen LogP contribution >= 0.6 is 11.8 Å². The molecule has 0 saturated heterocycles. The van der Waals surface area contributed by atoms with Gasteiger partial charge >= 0.3 is 0 Å². The number of rotatable bonds is 10. The molecule has 0 atom stereocenters. The van der Waals surface area contributed by atoms with Crippen LogP contribution in [0.2, 0.25) is 0 Å². The molecule has 0 aliphatic carbocycles. The Morgan fingerprint density at radius 3 is 2.58 bits per heavy atom. The van der Waals surface area contributed by atoms with Crippen molar-refractivity contribution in [2.75, 3.05) is 17.7 Å². The highest BCUT2D eigenvalue weighted by Gasteiger charge is 2.15. The molecule has 1 heterocycles. The molecule has 7 nitrogen and oxygen atoms in total. The standard InChI is InChI=1S/C23H28N4O3S/c1-5-27-21(14-30-19-13-9-10-16(3)17(19)4)25-26-23(27)31-15-22(28)24-18-11-7-8-12-20(18)29-6-2/h7-13H,5-6,14-15H2,1-4H3,(H,24,28). The largest absolute Gasteiger partial charge is 0.492 e. The molecule has 3 rings (SSSR count). The molecular weight excluding hydrogens is 412 g/mol. The SMILES string of the molecule is CCOc1ccccc1NC(=O)CSc1nnc(COc2cccc(C)c2C)n1CC. The van der Waals surface area contributed by atoms with E-state index >= 15 is 0 Å². The number of thioether (sulfide) groups is 1. The number of carbonyl (C=O) groups is 1. The highest BCUT2D eigenvalue weighted by atomic mass is 32.2. The van der Waals surface area contributed by atoms with Gasteiger partial charge in [0, 0.05) is 6.54 Å². The van der Waals surface area contributed by atoms with Crippen molar-refractivity contribution in [2.45, 2.75) is 46.0 Å². The molecule has 0 bridgehead atoms. The summed E-state index contributed by atoms with van der Waals surface area (Å²) in [5.74, 6) is 2.32. The first-order valence-corrected chi connectivity index (χ1v) is 11.3. The van der Waals surface area contributed by atoms with Gasteiger partial charge in [0.1, 0.15) is 18.1 Å². The number of ether oxygens (including phenoxy) is 2. The predicted octanol–water partition coefficient (Wildman–Crippen LogP) is 4.62. The summed E-state index contributed by atoms with van der Waals surface area (Å²) >= 11 is 1.35. The summed E-state index contributed by atoms with van der Waals surface area (Å²) < 4.78 is 13.5. The number of anilines is 1. The van der Waals surface area contributed by atoms with E-state index in [1.54, 1.807) is 0 Å². The van der Waals surface area contributed by atoms with Crippen LogP contribution in [0, 0.1) is 13.8 Å². The monoisotopic (exact) mass is 440 g/mol. The number of nitrogens with one attached hydrogen (secondary N) is 1. The first-order chi connectivity index (χ1) is 15.0. The minimum absolute atomic E-state index is 0.129. The number of carbonyl (C=O) groups excluding carboxylic acids is 1. The van der Waals surface area contributed by atoms with Crippen LogP contribution in [0.1, 0.15) is 30.8 Å². The van der Waals surface area contributed by atoms with E-state index in [0.717, 1.165) is 17.1 Å². The van der Waals surface area contributed by atoms with Gasteiger partial charge in [0.05, 0.1) is 18.0 Å². The number of hydrogen-bond acceptors (Lipinski definition) is 6. The van der Waals surface area contributed by atoms with Gasteiger partial charge in [-0.3, -0.25) is 4.79 Å². The van der Waals surface area contributed by atoms with E-state index in [0.29, 0.717) is 36.4 Å². The molecule has 0 aliphatic heterocycles. The average molecular weight is 441 g/mol. The van der Waals surface area contributed by atoms with Gasteiger partial charge < -0.3 is 19.4 Å². The van der Waals surface area contributed by atoms with Gasteiger partial charge in [-0.2, -0.15) is 0 Å². The van der Waals surface area contributed by atoms with E-state index in [4.69, 9.17) is 9.47 Å². The smallest absolute Gasteiger partial charge is 0.234 e. The molecule has 2 aromatic carbocycles. The highest BCUT2D eigenvalue weighted by molar-refractivity contribution is 7.99. The van der Waals surface area contributed by atoms with Gasteiger partial charge in [-0.1, -0.05) is 36.0 Å². The van der Waals surface area contributed by atoms with Crippen LogP contribution in [-0.2, 0) is 17.9 Å². The number of nitrogens with zero attached hydrogens (tertiary/aromatic N) is 3. The van der Waals surface area contributed by atoms with Crippen molar-refractivity contribution < 1.29 is 14.3 Å². The molecule has 164 valence electrons. The van der Waals surface area contributed by atoms with Crippen LogP contribution in [-0.4, -0.2) is 33.0 Å². The van der Waals surface area contributed by atoms with Crippen molar-refractivity contribution in [1.29, 1.82) is 0 Å². The Bertz CT molecular complexity index is 1040. The molecule has 0 fully saturated rings. The Morgan fingerprint density at radius 2 is 1.81 bits per heavy atom. The Kier molecular flexibility index (Phi) is 7.94. The summed E-state index contributed by atoms with van der Waals surface area (Å²) in [6, 6.07) is 13.4. The van der Waals surface area contributed by atoms with E-state index in [9.17, 15) is 4.79 Å². The number of hydrogen-bond donors (Lipinski definition) is 1. The predicted molar refractivity (Wildman–Crippen MR) is 123 cm³/mol. The van der Waals surface area contributed by atoms with Crippen molar-refractivity contribution in [3.8, 4) is 11.5 Å². The van der Waals surface area contributed by atoms with Crippen molar-refractivity contribution in [1.82, 2.24) is 14.8 Å². The first kappa shape index (κ1) is 22.7. The summed E-state index contributed by atoms with van der Waals surface area (Å²) in [6.45, 7) is 9.58. The lowest BCUT2D eigenvalue weighted by molar-refractivity contribution is -0.113. The lowest BCUT2D eigenvalue weighted by Crippen LogP contribution is -2.15. The van der Waals surface area contributed by atoms with Gasteiger partial charge in [-0.05, 0) is 57.0 Å². The lowest BCUT2D eigenvalue weighted by atomic mass is 10.1. The third-order valence-electron chi connectivity index (χ3n) is 4.81. The first-order valence-electron chi connectivity index (χ1n) is 10.3. The van der Waals surface area contributed by atoms with Gasteiger partial charge in [0.2, 0.25) is 5.91 Å². The van der Waals surface area contributed by atoms with Crippen LogP contribution in [0.15, 0.2) is 47.6 Å². The fraction of sp³-hybridized carbons (Fsp3) is 0.348. The van der Waals surface area contributed by atoms with Gasteiger partial charge in [0.25, 0.3) is 0 Å². The molecule has 0 spiro atoms. The lowest BCUT2D eigenvalue weighted by Gasteiger charge is -2.12. The maximum Gasteiger partial charge on any atom is 0.234 e. The third kappa shape index (κ3) is 5.79. The Morgan fingerprint density at radius 1 is 1.03 bits per heavy atom. The topological polar surface area (TPSA) is 78.3 Å². The van der Waals surface area contributed by atoms with Gasteiger partial charge in [0.15, 0.2) is 11.0 Å². The molecule has 8 heteroatoms. The highest BCUT2D eigenvalue weighted by Crippen LogP contribution is 2.25. The van der Waals surface area contributed by atoms with Crippen LogP contribution in [0.25, 0.3) is 0 Å². The summed E-state index contributed by atoms with van der Waals surface area (Å²) in [6.07, 6.45) is 0. The van der Waals surface area contributed by atoms with E-state index in [2.05, 4.69) is 28.5 Å². The molecule has 31 heavy (non-hydrogen) atoms. The van der Waals surface area contributed by atoms with Crippen LogP contribution in [0.5, 0.6) is 11.5 Å². The molecule has 1 aromatic heterocycles. The summed E-state index contributed by atoms with van der Waals surface area (Å²) in [5.41, 5.74) is 2.96. The van der Waals surface area contributed by atoms with Crippen LogP contribution in [0.3, 0.4) is 0 Å². The molecule has 0 aliphatic rings.